The van der Waals surface area contributed by atoms with Gasteiger partial charge in [-0.3, -0.25) is 9.59 Å². The number of fused-ring (bicyclic) bond motifs is 1. The first-order valence-electron chi connectivity index (χ1n) is 25.4. The van der Waals surface area contributed by atoms with Crippen LogP contribution in [0.3, 0.4) is 0 Å². The van der Waals surface area contributed by atoms with E-state index in [4.69, 9.17) is 15.2 Å². The van der Waals surface area contributed by atoms with Crippen LogP contribution in [-0.4, -0.2) is 83.3 Å². The first-order valence-corrected chi connectivity index (χ1v) is 25.4. The number of benzene rings is 1. The van der Waals surface area contributed by atoms with Crippen molar-refractivity contribution in [3.63, 3.8) is 0 Å². The number of cyclic esters (lactones) is 1. The molecule has 0 amide bonds. The molecule has 1 spiro atoms. The number of esters is 1. The van der Waals surface area contributed by atoms with Crippen LogP contribution in [0.5, 0.6) is 0 Å². The standard InChI is InChI=1S/C56H72N6O6/c1-5-59-46-26-39-15-11-14-38-13-7-10-21-53(3,29-37-18-19-47(57)61-32-37)30-40-16-12-17-44-49(40)51(65)56(52(66)67-34-41(46)25-45(38)39)55(68-56,50(44)64)31-42(33-63)36(2)28-54(22-8-6-9-23-54)43-20-24-60-48(27-43)62-35-58-4/h11-12,15-20,24,26-27,32,38,41,45-46,58-59,63H,5-10,13-14,21-23,25,28-31,33-35H2,1-4H3,(H2,57,61)(H,60,62). The van der Waals surface area contributed by atoms with Crippen LogP contribution in [0.2, 0.25) is 0 Å². The lowest BCUT2D eigenvalue weighted by molar-refractivity contribution is -0.150. The molecule has 68 heavy (non-hydrogen) atoms. The zero-order valence-electron chi connectivity index (χ0n) is 40.6. The summed E-state index contributed by atoms with van der Waals surface area (Å²) < 4.78 is 13.0. The summed E-state index contributed by atoms with van der Waals surface area (Å²) in [5, 5.41) is 21.4. The molecule has 7 atom stereocenters. The maximum absolute atomic E-state index is 15.7. The van der Waals surface area contributed by atoms with Crippen LogP contribution >= 0.6 is 0 Å². The lowest BCUT2D eigenvalue weighted by atomic mass is 9.65. The number of aliphatic hydroxyl groups excluding tert-OH is 1. The Morgan fingerprint density at radius 1 is 0.971 bits per heavy atom. The molecule has 4 bridgehead atoms. The summed E-state index contributed by atoms with van der Waals surface area (Å²) in [4.78, 5) is 55.3. The van der Waals surface area contributed by atoms with Crippen LogP contribution in [0.4, 0.5) is 11.6 Å². The van der Waals surface area contributed by atoms with Gasteiger partial charge in [0.25, 0.3) is 5.60 Å². The Morgan fingerprint density at radius 2 is 1.79 bits per heavy atom. The zero-order valence-corrected chi connectivity index (χ0v) is 40.6. The predicted octanol–water partition coefficient (Wildman–Crippen LogP) is 8.55. The van der Waals surface area contributed by atoms with Gasteiger partial charge in [-0.1, -0.05) is 94.0 Å². The maximum Gasteiger partial charge on any atom is 0.350 e. The average molecular weight is 925 g/mol. The Kier molecular flexibility index (Phi) is 14.0. The van der Waals surface area contributed by atoms with E-state index in [9.17, 15) is 5.11 Å². The minimum atomic E-state index is -2.19. The number of hydrogen-bond donors (Lipinski definition) is 5. The smallest absolute Gasteiger partial charge is 0.350 e. The highest BCUT2D eigenvalue weighted by molar-refractivity contribution is 6.33. The minimum absolute atomic E-state index is 0.0271. The fourth-order valence-electron chi connectivity index (χ4n) is 13.1. The summed E-state index contributed by atoms with van der Waals surface area (Å²) >= 11 is 0. The first-order chi connectivity index (χ1) is 32.9. The van der Waals surface area contributed by atoms with Gasteiger partial charge in [0.1, 0.15) is 11.6 Å². The van der Waals surface area contributed by atoms with Gasteiger partial charge >= 0.3 is 5.97 Å². The monoisotopic (exact) mass is 925 g/mol. The summed E-state index contributed by atoms with van der Waals surface area (Å²) in [5.74, 6) is 0.241. The first kappa shape index (κ1) is 48.0. The summed E-state index contributed by atoms with van der Waals surface area (Å²) in [6.45, 7) is 7.42. The number of epoxide rings is 1. The van der Waals surface area contributed by atoms with Crippen molar-refractivity contribution < 1.29 is 29.0 Å². The van der Waals surface area contributed by atoms with Crippen molar-refractivity contribution in [2.75, 3.05) is 44.5 Å². The number of allylic oxidation sites excluding steroid dienone is 4. The number of ether oxygens (including phenoxy) is 2. The molecule has 9 rings (SSSR count). The van der Waals surface area contributed by atoms with E-state index in [1.807, 2.05) is 50.6 Å². The topological polar surface area (TPSA) is 181 Å². The number of carbonyl (C=O) groups excluding carboxylic acids is 3. The van der Waals surface area contributed by atoms with Crippen molar-refractivity contribution >= 4 is 29.2 Å². The second-order valence-corrected chi connectivity index (χ2v) is 21.3. The zero-order chi connectivity index (χ0) is 47.7. The molecule has 6 N–H and O–H groups in total. The van der Waals surface area contributed by atoms with E-state index in [0.29, 0.717) is 49.2 Å². The highest BCUT2D eigenvalue weighted by atomic mass is 16.7. The second-order valence-electron chi connectivity index (χ2n) is 21.3. The summed E-state index contributed by atoms with van der Waals surface area (Å²) in [6.07, 6.45) is 23.4. The molecular weight excluding hydrogens is 853 g/mol. The van der Waals surface area contributed by atoms with E-state index in [1.54, 1.807) is 6.07 Å². The van der Waals surface area contributed by atoms with Gasteiger partial charge in [0, 0.05) is 41.9 Å². The van der Waals surface area contributed by atoms with Gasteiger partial charge < -0.3 is 36.3 Å². The van der Waals surface area contributed by atoms with E-state index in [1.165, 1.54) is 11.1 Å². The number of ketones is 2. The molecule has 3 aromatic rings. The van der Waals surface area contributed by atoms with Crippen molar-refractivity contribution in [3.05, 3.63) is 118 Å². The number of nitrogens with two attached hydrogens (primary N) is 1. The fraction of sp³-hybridized carbons (Fsp3) is 0.554. The second kappa shape index (κ2) is 19.8. The van der Waals surface area contributed by atoms with Crippen LogP contribution in [0.1, 0.15) is 142 Å². The number of hydrogen-bond acceptors (Lipinski definition) is 12. The number of carbonyl (C=O) groups is 3. The van der Waals surface area contributed by atoms with Gasteiger partial charge in [0.05, 0.1) is 19.9 Å². The number of rotatable bonds is 13. The molecule has 2 aliphatic heterocycles. The molecule has 0 radical (unpaired) electrons. The van der Waals surface area contributed by atoms with Gasteiger partial charge in [-0.15, -0.1) is 0 Å². The normalized spacial score (nSPS) is 30.3. The molecule has 2 fully saturated rings. The third kappa shape index (κ3) is 9.02. The number of Topliss-reactive ketones (excluding diaryl/α,β-unsaturated/α-hetero) is 2. The van der Waals surface area contributed by atoms with Crippen LogP contribution in [-0.2, 0) is 32.5 Å². The van der Waals surface area contributed by atoms with E-state index < -0.39 is 28.7 Å². The number of aromatic nitrogens is 2. The maximum atomic E-state index is 15.7. The Labute approximate surface area is 402 Å². The number of aliphatic hydroxyl groups is 1. The van der Waals surface area contributed by atoms with Gasteiger partial charge in [0.2, 0.25) is 5.78 Å². The molecule has 6 aliphatic rings. The lowest BCUT2D eigenvalue weighted by Crippen LogP contribution is -2.52. The molecule has 12 heteroatoms. The van der Waals surface area contributed by atoms with E-state index >= 15 is 14.4 Å². The number of likely N-dealkylation sites (N-methyl/N-ethyl adjacent to an activating group) is 1. The molecule has 1 aromatic carbocycles. The number of anilines is 2. The molecule has 12 nitrogen and oxygen atoms in total. The predicted molar refractivity (Wildman–Crippen MR) is 265 cm³/mol. The number of nitrogen functional groups attached to an aromatic ring is 1. The van der Waals surface area contributed by atoms with Crippen LogP contribution < -0.4 is 21.7 Å². The van der Waals surface area contributed by atoms with Crippen molar-refractivity contribution in [2.45, 2.75) is 140 Å². The third-order valence-corrected chi connectivity index (χ3v) is 16.7. The number of nitrogens with one attached hydrogen (secondary N) is 3. The Hall–Kier alpha value is -5.01. The van der Waals surface area contributed by atoms with Crippen LogP contribution in [0.25, 0.3) is 0 Å². The van der Waals surface area contributed by atoms with Crippen LogP contribution in [0.15, 0.2) is 89.8 Å². The SMILES string of the molecule is CCNC1C=C2C=CCC3CCCCC(C)(Cc4ccc(N)nc4)Cc4cccc5c4C(=O)C4(OC4(CC(CO)=C(C)CC4(c6ccnc(NCNC)c6)CCCCC4)C5=O)C(=O)OCC1CC23. The Balaban J connectivity index is 1.12. The number of nitrogens with zero attached hydrogens (tertiary/aromatic N) is 2. The van der Waals surface area contributed by atoms with Gasteiger partial charge in [-0.25, -0.2) is 14.8 Å². The van der Waals surface area contributed by atoms with Crippen molar-refractivity contribution in [1.29, 1.82) is 0 Å². The van der Waals surface area contributed by atoms with E-state index in [-0.39, 0.29) is 53.6 Å². The fourth-order valence-corrected chi connectivity index (χ4v) is 13.1. The Bertz CT molecular complexity index is 2480. The van der Waals surface area contributed by atoms with Gasteiger partial charge in [-0.2, -0.15) is 0 Å². The number of pyridine rings is 2. The van der Waals surface area contributed by atoms with Crippen LogP contribution in [0, 0.1) is 23.2 Å². The minimum Gasteiger partial charge on any atom is -0.463 e. The molecule has 1 saturated carbocycles. The molecular formula is C56H72N6O6. The lowest BCUT2D eigenvalue weighted by Gasteiger charge is -2.40. The largest absolute Gasteiger partial charge is 0.463 e. The van der Waals surface area contributed by atoms with E-state index in [2.05, 4.69) is 70.1 Å². The molecule has 362 valence electrons. The third-order valence-electron chi connectivity index (χ3n) is 16.7. The highest BCUT2D eigenvalue weighted by Gasteiger charge is 2.86. The Morgan fingerprint density at radius 3 is 2.56 bits per heavy atom. The summed E-state index contributed by atoms with van der Waals surface area (Å²) in [5.41, 5.74) is 7.71. The molecule has 4 heterocycles. The molecule has 2 aromatic heterocycles. The summed E-state index contributed by atoms with van der Waals surface area (Å²) in [7, 11) is 1.88. The van der Waals surface area contributed by atoms with Crippen molar-refractivity contribution in [2.24, 2.45) is 23.2 Å². The molecule has 1 saturated heterocycles. The summed E-state index contributed by atoms with van der Waals surface area (Å²) in [6, 6.07) is 13.5. The average Bonchev–Trinajstić information content (AvgIpc) is 4.05. The molecule has 4 aliphatic carbocycles. The molecule has 7 unspecified atom stereocenters. The van der Waals surface area contributed by atoms with E-state index in [0.717, 1.165) is 99.7 Å². The van der Waals surface area contributed by atoms with Gasteiger partial charge in [0.15, 0.2) is 11.4 Å². The van der Waals surface area contributed by atoms with Gasteiger partial charge in [-0.05, 0) is 147 Å². The highest BCUT2D eigenvalue weighted by Crippen LogP contribution is 2.60. The van der Waals surface area contributed by atoms with Crippen molar-refractivity contribution in [1.82, 2.24) is 20.6 Å². The quantitative estimate of drug-likeness (QED) is 0.0363. The van der Waals surface area contributed by atoms with Crippen molar-refractivity contribution in [3.8, 4) is 0 Å².